The summed E-state index contributed by atoms with van der Waals surface area (Å²) in [5, 5.41) is 2.02. The van der Waals surface area contributed by atoms with Gasteiger partial charge in [0.1, 0.15) is 0 Å². The van der Waals surface area contributed by atoms with Crippen LogP contribution in [0.1, 0.15) is 50.8 Å². The molecule has 0 unspecified atom stereocenters. The summed E-state index contributed by atoms with van der Waals surface area (Å²) in [5.41, 5.74) is 0. The summed E-state index contributed by atoms with van der Waals surface area (Å²) in [6, 6.07) is 2.03. The molecule has 0 aliphatic carbocycles. The van der Waals surface area contributed by atoms with E-state index >= 15 is 0 Å². The predicted molar refractivity (Wildman–Crippen MR) is 99.5 cm³/mol. The highest BCUT2D eigenvalue weighted by molar-refractivity contribution is 9.10. The van der Waals surface area contributed by atoms with Crippen molar-refractivity contribution < 1.29 is 9.59 Å². The van der Waals surface area contributed by atoms with Crippen LogP contribution < -0.4 is 0 Å². The third-order valence-electron chi connectivity index (χ3n) is 3.56. The van der Waals surface area contributed by atoms with Crippen molar-refractivity contribution in [3.05, 3.63) is 20.8 Å². The van der Waals surface area contributed by atoms with E-state index < -0.39 is 0 Å². The third kappa shape index (κ3) is 7.48. The standard InChI is InChI=1S/C17H27BrN2O2S/c1-4-9-20(10-5-2)17(22)8-6-7-16(21)19(3)12-15-11-14(18)13-23-15/h11,13H,4-10,12H2,1-3H3. The van der Waals surface area contributed by atoms with Gasteiger partial charge >= 0.3 is 0 Å². The lowest BCUT2D eigenvalue weighted by Gasteiger charge is -2.21. The fraction of sp³-hybridized carbons (Fsp3) is 0.647. The molecule has 0 aliphatic rings. The molecular formula is C17H27BrN2O2S. The first-order valence-electron chi connectivity index (χ1n) is 8.22. The van der Waals surface area contributed by atoms with Crippen LogP contribution in [0.25, 0.3) is 0 Å². The Bertz CT molecular complexity index is 499. The number of halogens is 1. The summed E-state index contributed by atoms with van der Waals surface area (Å²) in [5.74, 6) is 0.270. The van der Waals surface area contributed by atoms with Gasteiger partial charge in [-0.15, -0.1) is 11.3 Å². The largest absolute Gasteiger partial charge is 0.343 e. The Balaban J connectivity index is 2.33. The van der Waals surface area contributed by atoms with Crippen molar-refractivity contribution in [2.24, 2.45) is 0 Å². The minimum absolute atomic E-state index is 0.0971. The molecule has 1 rings (SSSR count). The summed E-state index contributed by atoms with van der Waals surface area (Å²) in [7, 11) is 1.82. The highest BCUT2D eigenvalue weighted by Gasteiger charge is 2.14. The Labute approximate surface area is 152 Å². The molecular weight excluding hydrogens is 376 g/mol. The van der Waals surface area contributed by atoms with Gasteiger partial charge in [0.15, 0.2) is 0 Å². The predicted octanol–water partition coefficient (Wildman–Crippen LogP) is 4.29. The van der Waals surface area contributed by atoms with E-state index in [-0.39, 0.29) is 11.8 Å². The lowest BCUT2D eigenvalue weighted by atomic mass is 10.2. The zero-order chi connectivity index (χ0) is 17.2. The Morgan fingerprint density at radius 1 is 1.13 bits per heavy atom. The number of nitrogens with zero attached hydrogens (tertiary/aromatic N) is 2. The molecule has 0 bridgehead atoms. The van der Waals surface area contributed by atoms with Crippen LogP contribution >= 0.6 is 27.3 Å². The van der Waals surface area contributed by atoms with E-state index in [1.165, 1.54) is 0 Å². The van der Waals surface area contributed by atoms with E-state index in [9.17, 15) is 9.59 Å². The van der Waals surface area contributed by atoms with Gasteiger partial charge in [0.2, 0.25) is 11.8 Å². The SMILES string of the molecule is CCCN(CCC)C(=O)CCCC(=O)N(C)Cc1cc(Br)cs1. The highest BCUT2D eigenvalue weighted by atomic mass is 79.9. The average Bonchev–Trinajstić information content (AvgIpc) is 2.91. The van der Waals surface area contributed by atoms with Crippen molar-refractivity contribution >= 4 is 39.1 Å². The normalized spacial score (nSPS) is 10.6. The molecule has 6 heteroatoms. The summed E-state index contributed by atoms with van der Waals surface area (Å²) in [6.07, 6.45) is 3.47. The van der Waals surface area contributed by atoms with Gasteiger partial charge in [-0.3, -0.25) is 9.59 Å². The van der Waals surface area contributed by atoms with Crippen LogP contribution in [0.15, 0.2) is 15.9 Å². The summed E-state index contributed by atoms with van der Waals surface area (Å²) in [6.45, 7) is 6.41. The van der Waals surface area contributed by atoms with Gasteiger partial charge in [-0.2, -0.15) is 0 Å². The topological polar surface area (TPSA) is 40.6 Å². The molecule has 0 aliphatic heterocycles. The molecule has 4 nitrogen and oxygen atoms in total. The Hall–Kier alpha value is -0.880. The average molecular weight is 403 g/mol. The van der Waals surface area contributed by atoms with Crippen LogP contribution in [0.5, 0.6) is 0 Å². The fourth-order valence-corrected chi connectivity index (χ4v) is 3.90. The van der Waals surface area contributed by atoms with E-state index in [1.54, 1.807) is 16.2 Å². The number of amides is 2. The Kier molecular flexibility index (Phi) is 9.48. The molecule has 0 saturated carbocycles. The lowest BCUT2D eigenvalue weighted by Crippen LogP contribution is -2.32. The maximum atomic E-state index is 12.2. The monoisotopic (exact) mass is 402 g/mol. The number of hydrogen-bond acceptors (Lipinski definition) is 3. The van der Waals surface area contributed by atoms with E-state index in [1.807, 2.05) is 23.4 Å². The molecule has 0 spiro atoms. The zero-order valence-corrected chi connectivity index (χ0v) is 16.7. The maximum Gasteiger partial charge on any atom is 0.222 e. The number of carbonyl (C=O) groups is 2. The van der Waals surface area contributed by atoms with Crippen LogP contribution in [-0.4, -0.2) is 41.8 Å². The quantitative estimate of drug-likeness (QED) is 0.585. The number of hydrogen-bond donors (Lipinski definition) is 0. The van der Waals surface area contributed by atoms with Crippen molar-refractivity contribution in [2.45, 2.75) is 52.5 Å². The molecule has 0 atom stereocenters. The summed E-state index contributed by atoms with van der Waals surface area (Å²) >= 11 is 5.06. The smallest absolute Gasteiger partial charge is 0.222 e. The van der Waals surface area contributed by atoms with Crippen molar-refractivity contribution in [1.82, 2.24) is 9.80 Å². The Morgan fingerprint density at radius 3 is 2.26 bits per heavy atom. The van der Waals surface area contributed by atoms with Gasteiger partial charge in [0.25, 0.3) is 0 Å². The molecule has 1 aromatic heterocycles. The second-order valence-corrected chi connectivity index (χ2v) is 7.63. The van der Waals surface area contributed by atoms with Crippen molar-refractivity contribution in [3.8, 4) is 0 Å². The third-order valence-corrected chi connectivity index (χ3v) is 5.24. The van der Waals surface area contributed by atoms with E-state index in [4.69, 9.17) is 0 Å². The van der Waals surface area contributed by atoms with Crippen molar-refractivity contribution in [2.75, 3.05) is 20.1 Å². The lowest BCUT2D eigenvalue weighted by molar-refractivity contribution is -0.132. The van der Waals surface area contributed by atoms with Crippen LogP contribution in [0, 0.1) is 0 Å². The molecule has 0 fully saturated rings. The van der Waals surface area contributed by atoms with Crippen LogP contribution in [0.2, 0.25) is 0 Å². The first kappa shape index (κ1) is 20.2. The molecule has 1 aromatic rings. The maximum absolute atomic E-state index is 12.2. The second kappa shape index (κ2) is 10.8. The first-order valence-corrected chi connectivity index (χ1v) is 9.89. The van der Waals surface area contributed by atoms with Gasteiger partial charge < -0.3 is 9.80 Å². The van der Waals surface area contributed by atoms with Gasteiger partial charge in [-0.25, -0.2) is 0 Å². The van der Waals surface area contributed by atoms with E-state index in [0.29, 0.717) is 25.8 Å². The first-order chi connectivity index (χ1) is 11.0. The van der Waals surface area contributed by atoms with E-state index in [0.717, 1.165) is 35.3 Å². The fourth-order valence-electron chi connectivity index (χ4n) is 2.40. The zero-order valence-electron chi connectivity index (χ0n) is 14.3. The van der Waals surface area contributed by atoms with Crippen molar-refractivity contribution in [1.29, 1.82) is 0 Å². The molecule has 130 valence electrons. The minimum Gasteiger partial charge on any atom is -0.343 e. The second-order valence-electron chi connectivity index (χ2n) is 5.72. The minimum atomic E-state index is 0.0971. The van der Waals surface area contributed by atoms with Crippen LogP contribution in [0.3, 0.4) is 0 Å². The molecule has 23 heavy (non-hydrogen) atoms. The van der Waals surface area contributed by atoms with Crippen LogP contribution in [-0.2, 0) is 16.1 Å². The summed E-state index contributed by atoms with van der Waals surface area (Å²) < 4.78 is 1.05. The molecule has 2 amide bonds. The van der Waals surface area contributed by atoms with Gasteiger partial charge in [0, 0.05) is 47.7 Å². The molecule has 0 N–H and O–H groups in total. The number of rotatable bonds is 10. The number of carbonyl (C=O) groups excluding carboxylic acids is 2. The van der Waals surface area contributed by atoms with Crippen molar-refractivity contribution in [3.63, 3.8) is 0 Å². The van der Waals surface area contributed by atoms with E-state index in [2.05, 4.69) is 29.8 Å². The van der Waals surface area contributed by atoms with Gasteiger partial charge in [-0.1, -0.05) is 13.8 Å². The molecule has 0 saturated heterocycles. The molecule has 0 radical (unpaired) electrons. The Morgan fingerprint density at radius 2 is 1.74 bits per heavy atom. The molecule has 1 heterocycles. The van der Waals surface area contributed by atoms with Crippen LogP contribution in [0.4, 0.5) is 0 Å². The van der Waals surface area contributed by atoms with Gasteiger partial charge in [-0.05, 0) is 41.3 Å². The van der Waals surface area contributed by atoms with Gasteiger partial charge in [0.05, 0.1) is 6.54 Å². The molecule has 0 aromatic carbocycles. The summed E-state index contributed by atoms with van der Waals surface area (Å²) in [4.78, 5) is 29.1. The highest BCUT2D eigenvalue weighted by Crippen LogP contribution is 2.21. The number of thiophene rings is 1.